The molecule has 0 atom stereocenters. The van der Waals surface area contributed by atoms with E-state index in [1.54, 1.807) is 25.5 Å². The molecule has 0 bridgehead atoms. The minimum atomic E-state index is -3.58. The summed E-state index contributed by atoms with van der Waals surface area (Å²) in [5.74, 6) is 0.691. The lowest BCUT2D eigenvalue weighted by molar-refractivity contribution is 0.323. The fourth-order valence-corrected chi connectivity index (χ4v) is 4.57. The van der Waals surface area contributed by atoms with E-state index in [1.165, 1.54) is 8.61 Å². The highest BCUT2D eigenvalue weighted by Crippen LogP contribution is 2.24. The van der Waals surface area contributed by atoms with Crippen LogP contribution in [0.25, 0.3) is 0 Å². The van der Waals surface area contributed by atoms with Gasteiger partial charge in [-0.1, -0.05) is 24.3 Å². The maximum Gasteiger partial charge on any atom is 0.282 e. The largest absolute Gasteiger partial charge is 0.496 e. The molecule has 24 heavy (non-hydrogen) atoms. The van der Waals surface area contributed by atoms with Crippen LogP contribution in [0.5, 0.6) is 5.75 Å². The first-order valence-electron chi connectivity index (χ1n) is 7.73. The molecule has 0 spiro atoms. The predicted molar refractivity (Wildman–Crippen MR) is 98.4 cm³/mol. The first-order valence-corrected chi connectivity index (χ1v) is 10.0. The molecule has 0 aliphatic heterocycles. The minimum Gasteiger partial charge on any atom is -0.496 e. The first-order chi connectivity index (χ1) is 11.4. The Kier molecular flexibility index (Phi) is 6.40. The van der Waals surface area contributed by atoms with Crippen LogP contribution in [0.4, 0.5) is 0 Å². The SMILES string of the molecule is COc1ccccc1CN(Cc1cccs1)S(=O)(=O)N(C)C(C)C. The van der Waals surface area contributed by atoms with Crippen molar-refractivity contribution in [1.82, 2.24) is 8.61 Å². The van der Waals surface area contributed by atoms with E-state index in [0.717, 1.165) is 10.4 Å². The van der Waals surface area contributed by atoms with Gasteiger partial charge in [0.05, 0.1) is 7.11 Å². The number of para-hydroxylation sites is 1. The van der Waals surface area contributed by atoms with E-state index >= 15 is 0 Å². The molecule has 1 aromatic heterocycles. The fraction of sp³-hybridized carbons (Fsp3) is 0.412. The molecular weight excluding hydrogens is 344 g/mol. The monoisotopic (exact) mass is 368 g/mol. The fourth-order valence-electron chi connectivity index (χ4n) is 2.27. The Morgan fingerprint density at radius 1 is 1.12 bits per heavy atom. The highest BCUT2D eigenvalue weighted by molar-refractivity contribution is 7.86. The Balaban J connectivity index is 2.36. The van der Waals surface area contributed by atoms with Crippen LogP contribution in [0, 0.1) is 0 Å². The molecule has 0 unspecified atom stereocenters. The second-order valence-electron chi connectivity index (χ2n) is 5.78. The van der Waals surface area contributed by atoms with Crippen molar-refractivity contribution in [2.45, 2.75) is 33.0 Å². The summed E-state index contributed by atoms with van der Waals surface area (Å²) in [5.41, 5.74) is 0.845. The highest BCUT2D eigenvalue weighted by Gasteiger charge is 2.29. The normalized spacial score (nSPS) is 12.3. The van der Waals surface area contributed by atoms with E-state index in [4.69, 9.17) is 4.74 Å². The number of thiophene rings is 1. The molecular formula is C17H24N2O3S2. The molecule has 5 nitrogen and oxygen atoms in total. The number of hydrogen-bond donors (Lipinski definition) is 0. The lowest BCUT2D eigenvalue weighted by atomic mass is 10.2. The summed E-state index contributed by atoms with van der Waals surface area (Å²) in [6.45, 7) is 4.34. The third-order valence-corrected chi connectivity index (χ3v) is 6.79. The smallest absolute Gasteiger partial charge is 0.282 e. The first kappa shape index (κ1) is 18.9. The molecule has 132 valence electrons. The number of methoxy groups -OCH3 is 1. The third-order valence-electron chi connectivity index (χ3n) is 3.87. The number of ether oxygens (including phenoxy) is 1. The van der Waals surface area contributed by atoms with Gasteiger partial charge in [0.2, 0.25) is 0 Å². The second-order valence-corrected chi connectivity index (χ2v) is 8.80. The van der Waals surface area contributed by atoms with E-state index in [0.29, 0.717) is 12.3 Å². The predicted octanol–water partition coefficient (Wildman–Crippen LogP) is 3.34. The van der Waals surface area contributed by atoms with E-state index < -0.39 is 10.2 Å². The molecule has 1 aromatic carbocycles. The Morgan fingerprint density at radius 2 is 1.83 bits per heavy atom. The quantitative estimate of drug-likeness (QED) is 0.718. The van der Waals surface area contributed by atoms with Gasteiger partial charge in [-0.05, 0) is 31.4 Å². The van der Waals surface area contributed by atoms with Gasteiger partial charge < -0.3 is 4.74 Å². The highest BCUT2D eigenvalue weighted by atomic mass is 32.2. The van der Waals surface area contributed by atoms with Crippen molar-refractivity contribution in [1.29, 1.82) is 0 Å². The number of benzene rings is 1. The van der Waals surface area contributed by atoms with Crippen LogP contribution in [0.3, 0.4) is 0 Å². The van der Waals surface area contributed by atoms with Gasteiger partial charge in [0, 0.05) is 36.6 Å². The summed E-state index contributed by atoms with van der Waals surface area (Å²) >= 11 is 1.55. The van der Waals surface area contributed by atoms with Crippen molar-refractivity contribution in [2.24, 2.45) is 0 Å². The van der Waals surface area contributed by atoms with E-state index in [-0.39, 0.29) is 12.6 Å². The zero-order chi connectivity index (χ0) is 17.7. The third kappa shape index (κ3) is 4.36. The van der Waals surface area contributed by atoms with E-state index in [1.807, 2.05) is 55.6 Å². The maximum atomic E-state index is 13.0. The van der Waals surface area contributed by atoms with Gasteiger partial charge in [-0.15, -0.1) is 11.3 Å². The summed E-state index contributed by atoms with van der Waals surface area (Å²) in [5, 5.41) is 1.95. The topological polar surface area (TPSA) is 49.9 Å². The Hall–Kier alpha value is -1.41. The Labute approximate surface area is 148 Å². The summed E-state index contributed by atoms with van der Waals surface area (Å²) in [6, 6.07) is 11.3. The molecule has 0 fully saturated rings. The van der Waals surface area contributed by atoms with Gasteiger partial charge in [-0.3, -0.25) is 0 Å². The summed E-state index contributed by atoms with van der Waals surface area (Å²) in [7, 11) is -0.373. The summed E-state index contributed by atoms with van der Waals surface area (Å²) < 4.78 is 34.3. The lowest BCUT2D eigenvalue weighted by Crippen LogP contribution is -2.44. The maximum absolute atomic E-state index is 13.0. The second kappa shape index (κ2) is 8.11. The van der Waals surface area contributed by atoms with Crippen LogP contribution in [0.2, 0.25) is 0 Å². The number of hydrogen-bond acceptors (Lipinski definition) is 4. The van der Waals surface area contributed by atoms with Crippen molar-refractivity contribution in [3.8, 4) is 5.75 Å². The van der Waals surface area contributed by atoms with Crippen LogP contribution < -0.4 is 4.74 Å². The molecule has 0 saturated carbocycles. The molecule has 0 radical (unpaired) electrons. The van der Waals surface area contributed by atoms with Crippen molar-refractivity contribution < 1.29 is 13.2 Å². The molecule has 0 aliphatic rings. The van der Waals surface area contributed by atoms with Crippen molar-refractivity contribution in [3.63, 3.8) is 0 Å². The van der Waals surface area contributed by atoms with Crippen molar-refractivity contribution >= 4 is 21.5 Å². The average molecular weight is 369 g/mol. The molecule has 1 heterocycles. The van der Waals surface area contributed by atoms with Crippen molar-refractivity contribution in [2.75, 3.05) is 14.2 Å². The zero-order valence-electron chi connectivity index (χ0n) is 14.5. The Bertz CT molecular complexity index is 743. The molecule has 0 saturated heterocycles. The number of rotatable bonds is 8. The average Bonchev–Trinajstić information content (AvgIpc) is 3.07. The summed E-state index contributed by atoms with van der Waals surface area (Å²) in [4.78, 5) is 1.01. The minimum absolute atomic E-state index is 0.112. The standard InChI is InChI=1S/C17H24N2O3S2/c1-14(2)18(3)24(20,21)19(13-16-9-7-11-23-16)12-15-8-5-6-10-17(15)22-4/h5-11,14H,12-13H2,1-4H3. The molecule has 0 amide bonds. The van der Waals surface area contributed by atoms with Crippen LogP contribution in [-0.2, 0) is 23.3 Å². The lowest BCUT2D eigenvalue weighted by Gasteiger charge is -2.29. The van der Waals surface area contributed by atoms with Crippen LogP contribution >= 0.6 is 11.3 Å². The number of nitrogens with zero attached hydrogens (tertiary/aromatic N) is 2. The van der Waals surface area contributed by atoms with Gasteiger partial charge >= 0.3 is 0 Å². The van der Waals surface area contributed by atoms with Gasteiger partial charge in [0.1, 0.15) is 5.75 Å². The van der Waals surface area contributed by atoms with Crippen LogP contribution in [0.15, 0.2) is 41.8 Å². The molecule has 0 aliphatic carbocycles. The van der Waals surface area contributed by atoms with Crippen molar-refractivity contribution in [3.05, 3.63) is 52.2 Å². The molecule has 2 rings (SSSR count). The molecule has 2 aromatic rings. The van der Waals surface area contributed by atoms with Gasteiger partial charge in [0.15, 0.2) is 0 Å². The van der Waals surface area contributed by atoms with Gasteiger partial charge in [0.25, 0.3) is 10.2 Å². The van der Waals surface area contributed by atoms with Gasteiger partial charge in [-0.2, -0.15) is 17.0 Å². The van der Waals surface area contributed by atoms with Crippen LogP contribution in [-0.4, -0.2) is 37.2 Å². The Morgan fingerprint density at radius 3 is 2.42 bits per heavy atom. The van der Waals surface area contributed by atoms with Gasteiger partial charge in [-0.25, -0.2) is 0 Å². The van der Waals surface area contributed by atoms with E-state index in [9.17, 15) is 8.42 Å². The zero-order valence-corrected chi connectivity index (χ0v) is 16.1. The van der Waals surface area contributed by atoms with E-state index in [2.05, 4.69) is 0 Å². The summed E-state index contributed by atoms with van der Waals surface area (Å²) in [6.07, 6.45) is 0. The molecule has 7 heteroatoms. The molecule has 0 N–H and O–H groups in total. The van der Waals surface area contributed by atoms with Crippen LogP contribution in [0.1, 0.15) is 24.3 Å².